The maximum atomic E-state index is 12.6. The Bertz CT molecular complexity index is 950. The molecule has 124 valence electrons. The first-order valence-electron chi connectivity index (χ1n) is 6.94. The molecule has 8 nitrogen and oxygen atoms in total. The van der Waals surface area contributed by atoms with Gasteiger partial charge in [0.2, 0.25) is 5.65 Å². The summed E-state index contributed by atoms with van der Waals surface area (Å²) in [5.41, 5.74) is 0.518. The quantitative estimate of drug-likeness (QED) is 0.506. The van der Waals surface area contributed by atoms with E-state index in [2.05, 4.69) is 14.9 Å². The highest BCUT2D eigenvalue weighted by Gasteiger charge is 2.13. The maximum Gasteiger partial charge on any atom is 0.316 e. The van der Waals surface area contributed by atoms with Gasteiger partial charge in [0.15, 0.2) is 5.16 Å². The van der Waals surface area contributed by atoms with Gasteiger partial charge in [0, 0.05) is 18.5 Å². The minimum Gasteiger partial charge on any atom is -0.497 e. The van der Waals surface area contributed by atoms with Crippen molar-refractivity contribution in [3.63, 3.8) is 0 Å². The second-order valence-electron chi connectivity index (χ2n) is 4.72. The minimum absolute atomic E-state index is 0.0935. The number of aromatic nitrogens is 4. The van der Waals surface area contributed by atoms with Crippen LogP contribution in [0.1, 0.15) is 0 Å². The SMILES string of the molecule is COC(=O)CSc1nnc2c(=O)n(-c3cccc(OC)c3)ccn12. The molecule has 0 N–H and O–H groups in total. The lowest BCUT2D eigenvalue weighted by molar-refractivity contribution is -0.137. The Labute approximate surface area is 141 Å². The van der Waals surface area contributed by atoms with E-state index in [-0.39, 0.29) is 22.9 Å². The Kier molecular flexibility index (Phi) is 4.52. The highest BCUT2D eigenvalue weighted by atomic mass is 32.2. The number of esters is 1. The van der Waals surface area contributed by atoms with E-state index in [4.69, 9.17) is 4.74 Å². The summed E-state index contributed by atoms with van der Waals surface area (Å²) in [6.07, 6.45) is 3.30. The van der Waals surface area contributed by atoms with Crippen molar-refractivity contribution in [2.75, 3.05) is 20.0 Å². The average Bonchev–Trinajstić information content (AvgIpc) is 3.04. The number of hydrogen-bond donors (Lipinski definition) is 0. The Morgan fingerprint density at radius 2 is 2.08 bits per heavy atom. The summed E-state index contributed by atoms with van der Waals surface area (Å²) >= 11 is 1.15. The third-order valence-electron chi connectivity index (χ3n) is 3.32. The highest BCUT2D eigenvalue weighted by Crippen LogP contribution is 2.18. The first-order valence-corrected chi connectivity index (χ1v) is 7.93. The van der Waals surface area contributed by atoms with Crippen molar-refractivity contribution in [2.45, 2.75) is 5.16 Å². The number of nitrogens with zero attached hydrogens (tertiary/aromatic N) is 4. The Hall–Kier alpha value is -2.81. The largest absolute Gasteiger partial charge is 0.497 e. The van der Waals surface area contributed by atoms with Gasteiger partial charge in [-0.15, -0.1) is 10.2 Å². The molecule has 0 saturated carbocycles. The summed E-state index contributed by atoms with van der Waals surface area (Å²) in [6.45, 7) is 0. The Balaban J connectivity index is 2.00. The average molecular weight is 346 g/mol. The fourth-order valence-corrected chi connectivity index (χ4v) is 2.86. The van der Waals surface area contributed by atoms with Crippen LogP contribution in [0, 0.1) is 0 Å². The molecule has 0 atom stereocenters. The van der Waals surface area contributed by atoms with Gasteiger partial charge < -0.3 is 9.47 Å². The number of benzene rings is 1. The van der Waals surface area contributed by atoms with Crippen molar-refractivity contribution in [3.8, 4) is 11.4 Å². The predicted molar refractivity (Wildman–Crippen MR) is 87.9 cm³/mol. The van der Waals surface area contributed by atoms with Crippen LogP contribution in [0.5, 0.6) is 5.75 Å². The van der Waals surface area contributed by atoms with E-state index in [1.54, 1.807) is 48.2 Å². The fourth-order valence-electron chi connectivity index (χ4n) is 2.11. The van der Waals surface area contributed by atoms with Crippen LogP contribution in [0.2, 0.25) is 0 Å². The van der Waals surface area contributed by atoms with E-state index in [0.717, 1.165) is 11.8 Å². The monoisotopic (exact) mass is 346 g/mol. The van der Waals surface area contributed by atoms with Crippen molar-refractivity contribution in [3.05, 3.63) is 47.0 Å². The normalized spacial score (nSPS) is 10.8. The first-order chi connectivity index (χ1) is 11.6. The zero-order chi connectivity index (χ0) is 17.1. The van der Waals surface area contributed by atoms with Crippen molar-refractivity contribution >= 4 is 23.4 Å². The summed E-state index contributed by atoms with van der Waals surface area (Å²) in [4.78, 5) is 23.9. The van der Waals surface area contributed by atoms with E-state index in [9.17, 15) is 9.59 Å². The van der Waals surface area contributed by atoms with Crippen LogP contribution in [-0.2, 0) is 9.53 Å². The van der Waals surface area contributed by atoms with Crippen LogP contribution in [0.25, 0.3) is 11.3 Å². The molecule has 0 bridgehead atoms. The van der Waals surface area contributed by atoms with Gasteiger partial charge >= 0.3 is 11.5 Å². The third-order valence-corrected chi connectivity index (χ3v) is 4.23. The number of ether oxygens (including phenoxy) is 2. The summed E-state index contributed by atoms with van der Waals surface area (Å²) in [5.74, 6) is 0.368. The molecule has 0 aliphatic rings. The molecular weight excluding hydrogens is 332 g/mol. The lowest BCUT2D eigenvalue weighted by Gasteiger charge is -2.08. The molecule has 1 aromatic carbocycles. The number of hydrogen-bond acceptors (Lipinski definition) is 7. The predicted octanol–water partition coefficient (Wildman–Crippen LogP) is 1.15. The smallest absolute Gasteiger partial charge is 0.316 e. The van der Waals surface area contributed by atoms with Crippen LogP contribution >= 0.6 is 11.8 Å². The minimum atomic E-state index is -0.374. The standard InChI is InChI=1S/C15H14N4O4S/c1-22-11-5-3-4-10(8-11)18-6-7-19-13(14(18)21)16-17-15(19)24-9-12(20)23-2/h3-8H,9H2,1-2H3. The van der Waals surface area contributed by atoms with E-state index >= 15 is 0 Å². The number of thioether (sulfide) groups is 1. The van der Waals surface area contributed by atoms with E-state index in [1.807, 2.05) is 0 Å². The van der Waals surface area contributed by atoms with Gasteiger partial charge in [-0.2, -0.15) is 0 Å². The third kappa shape index (κ3) is 2.98. The molecule has 0 unspecified atom stereocenters. The summed E-state index contributed by atoms with van der Waals surface area (Å²) in [5, 5.41) is 8.34. The number of carbonyl (C=O) groups is 1. The van der Waals surface area contributed by atoms with Crippen LogP contribution in [0.15, 0.2) is 46.6 Å². The lowest BCUT2D eigenvalue weighted by Crippen LogP contribution is -2.20. The lowest BCUT2D eigenvalue weighted by atomic mass is 10.3. The zero-order valence-corrected chi connectivity index (χ0v) is 13.8. The van der Waals surface area contributed by atoms with Crippen LogP contribution in [-0.4, -0.2) is 45.1 Å². The van der Waals surface area contributed by atoms with E-state index in [0.29, 0.717) is 16.6 Å². The van der Waals surface area contributed by atoms with Gasteiger partial charge in [-0.05, 0) is 12.1 Å². The molecule has 0 spiro atoms. The summed E-state index contributed by atoms with van der Waals surface area (Å²) in [6, 6.07) is 7.14. The van der Waals surface area contributed by atoms with Crippen molar-refractivity contribution in [1.82, 2.24) is 19.2 Å². The molecule has 0 fully saturated rings. The molecule has 3 aromatic rings. The van der Waals surface area contributed by atoms with Gasteiger partial charge in [-0.1, -0.05) is 17.8 Å². The summed E-state index contributed by atoms with van der Waals surface area (Å²) in [7, 11) is 2.88. The van der Waals surface area contributed by atoms with Crippen molar-refractivity contribution < 1.29 is 14.3 Å². The maximum absolute atomic E-state index is 12.6. The molecule has 2 heterocycles. The molecule has 0 amide bonds. The van der Waals surface area contributed by atoms with Gasteiger partial charge in [-0.3, -0.25) is 18.6 Å². The Morgan fingerprint density at radius 3 is 2.83 bits per heavy atom. The van der Waals surface area contributed by atoms with Gasteiger partial charge in [0.25, 0.3) is 0 Å². The topological polar surface area (TPSA) is 87.7 Å². The molecule has 0 aliphatic carbocycles. The van der Waals surface area contributed by atoms with Crippen LogP contribution in [0.4, 0.5) is 0 Å². The van der Waals surface area contributed by atoms with Gasteiger partial charge in [-0.25, -0.2) is 0 Å². The van der Waals surface area contributed by atoms with E-state index in [1.165, 1.54) is 11.7 Å². The van der Waals surface area contributed by atoms with E-state index < -0.39 is 0 Å². The van der Waals surface area contributed by atoms with Crippen molar-refractivity contribution in [1.29, 1.82) is 0 Å². The molecule has 0 saturated heterocycles. The molecular formula is C15H14N4O4S. The van der Waals surface area contributed by atoms with Gasteiger partial charge in [0.05, 0.1) is 25.7 Å². The zero-order valence-electron chi connectivity index (χ0n) is 13.0. The second-order valence-corrected chi connectivity index (χ2v) is 5.66. The first kappa shape index (κ1) is 16.1. The Morgan fingerprint density at radius 1 is 1.25 bits per heavy atom. The molecule has 0 aliphatic heterocycles. The number of rotatable bonds is 5. The molecule has 3 rings (SSSR count). The number of carbonyl (C=O) groups excluding carboxylic acids is 1. The fraction of sp³-hybridized carbons (Fsp3) is 0.200. The second kappa shape index (κ2) is 6.75. The van der Waals surface area contributed by atoms with Crippen LogP contribution in [0.3, 0.4) is 0 Å². The number of fused-ring (bicyclic) bond motifs is 1. The van der Waals surface area contributed by atoms with Gasteiger partial charge in [0.1, 0.15) is 5.75 Å². The molecule has 0 radical (unpaired) electrons. The molecule has 24 heavy (non-hydrogen) atoms. The molecule has 2 aromatic heterocycles. The van der Waals surface area contributed by atoms with Crippen LogP contribution < -0.4 is 10.3 Å². The number of methoxy groups -OCH3 is 2. The highest BCUT2D eigenvalue weighted by molar-refractivity contribution is 7.99. The van der Waals surface area contributed by atoms with Crippen molar-refractivity contribution in [2.24, 2.45) is 0 Å². The summed E-state index contributed by atoms with van der Waals surface area (Å²) < 4.78 is 12.8. The molecule has 9 heteroatoms.